The van der Waals surface area contributed by atoms with Crippen LogP contribution in [0.4, 0.5) is 0 Å². The zero-order valence-electron chi connectivity index (χ0n) is 12.3. The van der Waals surface area contributed by atoms with E-state index in [0.717, 1.165) is 11.4 Å². The molecule has 0 fully saturated rings. The van der Waals surface area contributed by atoms with Gasteiger partial charge in [-0.05, 0) is 37.1 Å². The summed E-state index contributed by atoms with van der Waals surface area (Å²) in [6.07, 6.45) is 1.02. The second-order valence-electron chi connectivity index (χ2n) is 4.58. The topological polar surface area (TPSA) is 87.2 Å². The number of rotatable bonds is 5. The molecular weight excluding hydrogens is 290 g/mol. The van der Waals surface area contributed by atoms with E-state index in [2.05, 4.69) is 5.10 Å². The fraction of sp³-hybridized carbons (Fsp3) is 0.357. The van der Waals surface area contributed by atoms with Crippen molar-refractivity contribution in [3.63, 3.8) is 0 Å². The summed E-state index contributed by atoms with van der Waals surface area (Å²) in [4.78, 5) is 0.142. The third-order valence-electron chi connectivity index (χ3n) is 3.27. The van der Waals surface area contributed by atoms with Gasteiger partial charge in [0.25, 0.3) is 0 Å². The number of nitrogens with two attached hydrogens (primary N) is 1. The van der Waals surface area contributed by atoms with Crippen molar-refractivity contribution < 1.29 is 13.2 Å². The summed E-state index contributed by atoms with van der Waals surface area (Å²) in [7, 11) is -2.20. The molecule has 0 aliphatic rings. The first-order valence-corrected chi connectivity index (χ1v) is 8.25. The average Bonchev–Trinajstić information content (AvgIpc) is 2.86. The Morgan fingerprint density at radius 2 is 1.81 bits per heavy atom. The van der Waals surface area contributed by atoms with Gasteiger partial charge in [-0.25, -0.2) is 18.2 Å². The lowest BCUT2D eigenvalue weighted by atomic mass is 10.2. The molecule has 0 aliphatic heterocycles. The van der Waals surface area contributed by atoms with Gasteiger partial charge >= 0.3 is 0 Å². The minimum atomic E-state index is -3.80. The first kappa shape index (κ1) is 15.5. The molecule has 7 heteroatoms. The van der Waals surface area contributed by atoms with Gasteiger partial charge in [0, 0.05) is 0 Å². The van der Waals surface area contributed by atoms with E-state index in [1.165, 1.54) is 0 Å². The maximum absolute atomic E-state index is 11.8. The van der Waals surface area contributed by atoms with Crippen molar-refractivity contribution in [3.8, 4) is 11.4 Å². The number of aryl methyl sites for hydroxylation is 1. The molecular formula is C14H19N3O3S. The zero-order chi connectivity index (χ0) is 15.6. The van der Waals surface area contributed by atoms with Gasteiger partial charge in [-0.2, -0.15) is 5.10 Å². The van der Waals surface area contributed by atoms with Crippen LogP contribution in [-0.4, -0.2) is 25.3 Å². The molecule has 1 aromatic carbocycles. The maximum Gasteiger partial charge on any atom is 0.241 e. The Balaban J connectivity index is 2.66. The third kappa shape index (κ3) is 2.93. The quantitative estimate of drug-likeness (QED) is 0.909. The molecule has 0 atom stereocenters. The highest BCUT2D eigenvalue weighted by atomic mass is 32.2. The van der Waals surface area contributed by atoms with E-state index in [-0.39, 0.29) is 4.90 Å². The largest absolute Gasteiger partial charge is 0.497 e. The van der Waals surface area contributed by atoms with Crippen LogP contribution in [0.3, 0.4) is 0 Å². The molecule has 6 nitrogen and oxygen atoms in total. The highest BCUT2D eigenvalue weighted by Crippen LogP contribution is 2.24. The Kier molecular flexibility index (Phi) is 4.34. The van der Waals surface area contributed by atoms with Crippen molar-refractivity contribution in [2.75, 3.05) is 7.11 Å². The Hall–Kier alpha value is -1.86. The fourth-order valence-electron chi connectivity index (χ4n) is 2.30. The molecule has 0 radical (unpaired) electrons. The second kappa shape index (κ2) is 5.87. The van der Waals surface area contributed by atoms with E-state index >= 15 is 0 Å². The molecule has 0 amide bonds. The summed E-state index contributed by atoms with van der Waals surface area (Å²) in [5.74, 6) is 0.728. The molecule has 0 spiro atoms. The lowest BCUT2D eigenvalue weighted by Gasteiger charge is -2.08. The molecule has 0 saturated heterocycles. The van der Waals surface area contributed by atoms with Gasteiger partial charge in [-0.15, -0.1) is 0 Å². The molecule has 2 rings (SSSR count). The summed E-state index contributed by atoms with van der Waals surface area (Å²) < 4.78 is 30.4. The number of benzene rings is 1. The Morgan fingerprint density at radius 1 is 1.19 bits per heavy atom. The number of aromatic nitrogens is 2. The smallest absolute Gasteiger partial charge is 0.241 e. The van der Waals surface area contributed by atoms with Crippen LogP contribution in [0, 0.1) is 0 Å². The number of methoxy groups -OCH3 is 1. The molecule has 0 unspecified atom stereocenters. The van der Waals surface area contributed by atoms with Crippen LogP contribution >= 0.6 is 0 Å². The van der Waals surface area contributed by atoms with Gasteiger partial charge in [0.05, 0.1) is 24.2 Å². The van der Waals surface area contributed by atoms with Gasteiger partial charge < -0.3 is 4.74 Å². The lowest BCUT2D eigenvalue weighted by molar-refractivity contribution is 0.414. The number of sulfonamides is 1. The van der Waals surface area contributed by atoms with Gasteiger partial charge in [-0.3, -0.25) is 0 Å². The highest BCUT2D eigenvalue weighted by Gasteiger charge is 2.24. The number of nitrogens with zero attached hydrogens (tertiary/aromatic N) is 2. The molecule has 114 valence electrons. The van der Waals surface area contributed by atoms with E-state index in [1.54, 1.807) is 23.9 Å². The van der Waals surface area contributed by atoms with Crippen LogP contribution < -0.4 is 9.88 Å². The molecule has 1 aromatic heterocycles. The van der Waals surface area contributed by atoms with Crippen molar-refractivity contribution in [1.82, 2.24) is 9.78 Å². The molecule has 0 bridgehead atoms. The Labute approximate surface area is 124 Å². The highest BCUT2D eigenvalue weighted by molar-refractivity contribution is 7.89. The zero-order valence-corrected chi connectivity index (χ0v) is 13.1. The summed E-state index contributed by atoms with van der Waals surface area (Å²) in [5.41, 5.74) is 1.86. The summed E-state index contributed by atoms with van der Waals surface area (Å²) in [6.45, 7) is 3.74. The van der Waals surface area contributed by atoms with Crippen LogP contribution in [0.2, 0.25) is 0 Å². The minimum Gasteiger partial charge on any atom is -0.497 e. The first-order chi connectivity index (χ1) is 9.92. The summed E-state index contributed by atoms with van der Waals surface area (Å²) >= 11 is 0. The fourth-order valence-corrected chi connectivity index (χ4v) is 3.37. The molecule has 2 N–H and O–H groups in total. The van der Waals surface area contributed by atoms with Crippen molar-refractivity contribution >= 4 is 10.0 Å². The molecule has 0 aliphatic carbocycles. The van der Waals surface area contributed by atoms with Crippen LogP contribution in [0.5, 0.6) is 5.75 Å². The van der Waals surface area contributed by atoms with Crippen molar-refractivity contribution in [3.05, 3.63) is 35.7 Å². The van der Waals surface area contributed by atoms with Gasteiger partial charge in [-0.1, -0.05) is 13.8 Å². The predicted octanol–water partition coefficient (Wildman–Crippen LogP) is 1.65. The predicted molar refractivity (Wildman–Crippen MR) is 80.2 cm³/mol. The Bertz CT molecular complexity index is 734. The van der Waals surface area contributed by atoms with E-state index in [4.69, 9.17) is 9.88 Å². The van der Waals surface area contributed by atoms with E-state index in [0.29, 0.717) is 24.2 Å². The minimum absolute atomic E-state index is 0.142. The summed E-state index contributed by atoms with van der Waals surface area (Å²) in [5, 5.41) is 9.75. The SMILES string of the molecule is CCc1nn(-c2ccc(OC)cc2)c(CC)c1S(N)(=O)=O. The van der Waals surface area contributed by atoms with Gasteiger partial charge in [0.15, 0.2) is 0 Å². The monoisotopic (exact) mass is 309 g/mol. The van der Waals surface area contributed by atoms with Crippen LogP contribution in [-0.2, 0) is 22.9 Å². The van der Waals surface area contributed by atoms with E-state index in [9.17, 15) is 8.42 Å². The van der Waals surface area contributed by atoms with E-state index < -0.39 is 10.0 Å². The normalized spacial score (nSPS) is 11.6. The molecule has 2 aromatic rings. The number of hydrogen-bond acceptors (Lipinski definition) is 4. The van der Waals surface area contributed by atoms with Gasteiger partial charge in [0.2, 0.25) is 10.0 Å². The standard InChI is InChI=1S/C14H19N3O3S/c1-4-12-14(21(15,18)19)13(5-2)17(16-12)10-6-8-11(20-3)9-7-10/h6-9H,4-5H2,1-3H3,(H2,15,18,19). The average molecular weight is 309 g/mol. The first-order valence-electron chi connectivity index (χ1n) is 6.70. The van der Waals surface area contributed by atoms with Crippen molar-refractivity contribution in [2.24, 2.45) is 5.14 Å². The Morgan fingerprint density at radius 3 is 2.24 bits per heavy atom. The van der Waals surface area contributed by atoms with Crippen LogP contribution in [0.15, 0.2) is 29.2 Å². The molecule has 1 heterocycles. The molecule has 21 heavy (non-hydrogen) atoms. The van der Waals surface area contributed by atoms with Crippen molar-refractivity contribution in [1.29, 1.82) is 0 Å². The molecule has 0 saturated carbocycles. The third-order valence-corrected chi connectivity index (χ3v) is 4.31. The lowest BCUT2D eigenvalue weighted by Crippen LogP contribution is -2.15. The number of primary sulfonamides is 1. The summed E-state index contributed by atoms with van der Waals surface area (Å²) in [6, 6.07) is 7.27. The number of ether oxygens (including phenoxy) is 1. The second-order valence-corrected chi connectivity index (χ2v) is 6.08. The van der Waals surface area contributed by atoms with Gasteiger partial charge in [0.1, 0.15) is 10.6 Å². The maximum atomic E-state index is 11.8. The van der Waals surface area contributed by atoms with Crippen molar-refractivity contribution in [2.45, 2.75) is 31.6 Å². The van der Waals surface area contributed by atoms with E-state index in [1.807, 2.05) is 26.0 Å². The number of hydrogen-bond donors (Lipinski definition) is 1. The van der Waals surface area contributed by atoms with Crippen LogP contribution in [0.25, 0.3) is 5.69 Å². The van der Waals surface area contributed by atoms with Crippen LogP contribution in [0.1, 0.15) is 25.2 Å².